The van der Waals surface area contributed by atoms with Gasteiger partial charge in [-0.2, -0.15) is 0 Å². The molecule has 0 bridgehead atoms. The van der Waals surface area contributed by atoms with Crippen molar-refractivity contribution in [3.8, 4) is 5.75 Å². The Balaban J connectivity index is 1.94. The van der Waals surface area contributed by atoms with E-state index >= 15 is 0 Å². The first kappa shape index (κ1) is 14.8. The van der Waals surface area contributed by atoms with Crippen LogP contribution in [-0.4, -0.2) is 35.5 Å². The number of hydrogen-bond acceptors (Lipinski definition) is 3. The van der Waals surface area contributed by atoms with Gasteiger partial charge in [0.1, 0.15) is 5.75 Å². The molecule has 4 nitrogen and oxygen atoms in total. The van der Waals surface area contributed by atoms with Crippen molar-refractivity contribution in [1.82, 2.24) is 4.90 Å². The highest BCUT2D eigenvalue weighted by Crippen LogP contribution is 2.27. The molecule has 0 aromatic heterocycles. The second kappa shape index (κ2) is 6.70. The van der Waals surface area contributed by atoms with Crippen molar-refractivity contribution in [1.29, 1.82) is 0 Å². The van der Waals surface area contributed by atoms with E-state index in [4.69, 9.17) is 22.7 Å². The van der Waals surface area contributed by atoms with Gasteiger partial charge in [0, 0.05) is 19.0 Å². The molecule has 1 aliphatic carbocycles. The largest absolute Gasteiger partial charge is 0.497 e. The van der Waals surface area contributed by atoms with Crippen LogP contribution in [0.3, 0.4) is 0 Å². The lowest BCUT2D eigenvalue weighted by atomic mass is 10.1. The lowest BCUT2D eigenvalue weighted by Crippen LogP contribution is -2.36. The van der Waals surface area contributed by atoms with E-state index in [1.54, 1.807) is 7.11 Å². The number of hydrogen-bond donors (Lipinski definition) is 1. The minimum absolute atomic E-state index is 0.147. The van der Waals surface area contributed by atoms with Gasteiger partial charge in [-0.1, -0.05) is 24.4 Å². The van der Waals surface area contributed by atoms with Crippen molar-refractivity contribution in [2.24, 2.45) is 5.73 Å². The molecular weight excluding hydrogens is 272 g/mol. The van der Waals surface area contributed by atoms with E-state index in [1.165, 1.54) is 0 Å². The molecule has 0 aliphatic heterocycles. The van der Waals surface area contributed by atoms with Crippen LogP contribution >= 0.6 is 12.2 Å². The van der Waals surface area contributed by atoms with Crippen LogP contribution in [0.25, 0.3) is 0 Å². The van der Waals surface area contributed by atoms with Gasteiger partial charge in [-0.3, -0.25) is 4.79 Å². The first-order valence-electron chi connectivity index (χ1n) is 6.81. The topological polar surface area (TPSA) is 55.6 Å². The summed E-state index contributed by atoms with van der Waals surface area (Å²) in [5.41, 5.74) is 6.52. The number of rotatable bonds is 7. The average molecular weight is 292 g/mol. The Labute approximate surface area is 124 Å². The van der Waals surface area contributed by atoms with E-state index in [0.29, 0.717) is 30.4 Å². The van der Waals surface area contributed by atoms with Crippen LogP contribution in [0.15, 0.2) is 24.3 Å². The van der Waals surface area contributed by atoms with Gasteiger partial charge in [-0.05, 0) is 30.5 Å². The molecule has 1 saturated carbocycles. The second-order valence-corrected chi connectivity index (χ2v) is 5.58. The Kier molecular flexibility index (Phi) is 4.95. The third kappa shape index (κ3) is 4.20. The Morgan fingerprint density at radius 2 is 2.05 bits per heavy atom. The zero-order valence-electron chi connectivity index (χ0n) is 11.7. The third-order valence-corrected chi connectivity index (χ3v) is 3.63. The fourth-order valence-electron chi connectivity index (χ4n) is 2.15. The molecule has 5 heteroatoms. The maximum Gasteiger partial charge on any atom is 0.227 e. The van der Waals surface area contributed by atoms with Crippen LogP contribution in [0.4, 0.5) is 0 Å². The summed E-state index contributed by atoms with van der Waals surface area (Å²) in [5, 5.41) is 0. The summed E-state index contributed by atoms with van der Waals surface area (Å²) in [7, 11) is 1.63. The van der Waals surface area contributed by atoms with E-state index in [-0.39, 0.29) is 5.91 Å². The number of nitrogens with two attached hydrogens (primary N) is 1. The summed E-state index contributed by atoms with van der Waals surface area (Å²) in [6.45, 7) is 0.634. The van der Waals surface area contributed by atoms with Crippen molar-refractivity contribution < 1.29 is 9.53 Å². The Bertz CT molecular complexity index is 483. The molecule has 0 heterocycles. The summed E-state index contributed by atoms with van der Waals surface area (Å²) in [6.07, 6.45) is 3.19. The van der Waals surface area contributed by atoms with Gasteiger partial charge in [-0.25, -0.2) is 0 Å². The summed E-state index contributed by atoms with van der Waals surface area (Å²) in [4.78, 5) is 14.8. The monoisotopic (exact) mass is 292 g/mol. The number of carbonyl (C=O) groups is 1. The molecule has 1 aromatic rings. The average Bonchev–Trinajstić information content (AvgIpc) is 3.24. The van der Waals surface area contributed by atoms with Crippen LogP contribution in [-0.2, 0) is 11.2 Å². The molecule has 0 unspecified atom stereocenters. The highest BCUT2D eigenvalue weighted by molar-refractivity contribution is 7.80. The molecule has 0 saturated heterocycles. The van der Waals surface area contributed by atoms with Crippen molar-refractivity contribution in [2.45, 2.75) is 31.7 Å². The number of amides is 1. The maximum absolute atomic E-state index is 12.4. The van der Waals surface area contributed by atoms with Crippen LogP contribution in [0.1, 0.15) is 24.8 Å². The molecule has 108 valence electrons. The Morgan fingerprint density at radius 1 is 1.40 bits per heavy atom. The highest BCUT2D eigenvalue weighted by Gasteiger charge is 2.32. The minimum Gasteiger partial charge on any atom is -0.497 e. The van der Waals surface area contributed by atoms with E-state index < -0.39 is 0 Å². The van der Waals surface area contributed by atoms with Gasteiger partial charge < -0.3 is 15.4 Å². The molecule has 0 atom stereocenters. The van der Waals surface area contributed by atoms with Gasteiger partial charge in [0.2, 0.25) is 5.91 Å². The molecule has 1 amide bonds. The predicted octanol–water partition coefficient (Wildman–Crippen LogP) is 1.90. The summed E-state index contributed by atoms with van der Waals surface area (Å²) in [5.74, 6) is 0.947. The number of thiocarbonyl (C=S) groups is 1. The van der Waals surface area contributed by atoms with Crippen LogP contribution < -0.4 is 10.5 Å². The first-order chi connectivity index (χ1) is 9.60. The van der Waals surface area contributed by atoms with Gasteiger partial charge in [0.05, 0.1) is 18.5 Å². The zero-order chi connectivity index (χ0) is 14.5. The van der Waals surface area contributed by atoms with E-state index in [0.717, 1.165) is 24.2 Å². The van der Waals surface area contributed by atoms with Crippen molar-refractivity contribution in [3.63, 3.8) is 0 Å². The second-order valence-electron chi connectivity index (χ2n) is 5.06. The quantitative estimate of drug-likeness (QED) is 0.780. The molecule has 20 heavy (non-hydrogen) atoms. The molecule has 2 rings (SSSR count). The summed E-state index contributed by atoms with van der Waals surface area (Å²) in [6, 6.07) is 7.98. The van der Waals surface area contributed by atoms with Gasteiger partial charge in [0.15, 0.2) is 0 Å². The van der Waals surface area contributed by atoms with E-state index in [9.17, 15) is 4.79 Å². The molecule has 2 N–H and O–H groups in total. The molecular formula is C15H20N2O2S. The van der Waals surface area contributed by atoms with Crippen molar-refractivity contribution in [3.05, 3.63) is 29.8 Å². The fraction of sp³-hybridized carbons (Fsp3) is 0.467. The Hall–Kier alpha value is -1.62. The molecule has 0 spiro atoms. The van der Waals surface area contributed by atoms with Crippen LogP contribution in [0, 0.1) is 0 Å². The van der Waals surface area contributed by atoms with Crippen molar-refractivity contribution in [2.75, 3.05) is 13.7 Å². The Morgan fingerprint density at radius 3 is 2.55 bits per heavy atom. The molecule has 1 aliphatic rings. The van der Waals surface area contributed by atoms with Crippen molar-refractivity contribution >= 4 is 23.1 Å². The maximum atomic E-state index is 12.4. The lowest BCUT2D eigenvalue weighted by Gasteiger charge is -2.22. The summed E-state index contributed by atoms with van der Waals surface area (Å²) >= 11 is 4.89. The number of ether oxygens (including phenoxy) is 1. The highest BCUT2D eigenvalue weighted by atomic mass is 32.1. The zero-order valence-corrected chi connectivity index (χ0v) is 12.5. The van der Waals surface area contributed by atoms with Gasteiger partial charge >= 0.3 is 0 Å². The predicted molar refractivity (Wildman–Crippen MR) is 82.8 cm³/mol. The van der Waals surface area contributed by atoms with Gasteiger partial charge in [0.25, 0.3) is 0 Å². The first-order valence-corrected chi connectivity index (χ1v) is 7.21. The minimum atomic E-state index is 0.147. The van der Waals surface area contributed by atoms with Crippen LogP contribution in [0.5, 0.6) is 5.75 Å². The molecule has 1 fully saturated rings. The summed E-state index contributed by atoms with van der Waals surface area (Å²) < 4.78 is 5.11. The normalized spacial score (nSPS) is 13.8. The lowest BCUT2D eigenvalue weighted by molar-refractivity contribution is -0.130. The van der Waals surface area contributed by atoms with Gasteiger partial charge in [-0.15, -0.1) is 0 Å². The molecule has 1 aromatic carbocycles. The number of carbonyl (C=O) groups excluding carboxylic acids is 1. The third-order valence-electron chi connectivity index (χ3n) is 3.42. The standard InChI is InChI=1S/C15H20N2O2S/c1-19-13-6-2-11(3-7-13)10-15(18)17(12-4-5-12)9-8-14(16)20/h2-3,6-7,12H,4-5,8-10H2,1H3,(H2,16,20). The number of benzene rings is 1. The fourth-order valence-corrected chi connectivity index (χ4v) is 2.24. The SMILES string of the molecule is COc1ccc(CC(=O)N(CCC(N)=S)C2CC2)cc1. The van der Waals surface area contributed by atoms with E-state index in [2.05, 4.69) is 0 Å². The molecule has 0 radical (unpaired) electrons. The number of nitrogens with zero attached hydrogens (tertiary/aromatic N) is 1. The number of methoxy groups -OCH3 is 1. The smallest absolute Gasteiger partial charge is 0.227 e. The van der Waals surface area contributed by atoms with E-state index in [1.807, 2.05) is 29.2 Å². The van der Waals surface area contributed by atoms with Crippen LogP contribution in [0.2, 0.25) is 0 Å².